The second kappa shape index (κ2) is 11.3. The van der Waals surface area contributed by atoms with Gasteiger partial charge in [-0.15, -0.1) is 0 Å². The van der Waals surface area contributed by atoms with Gasteiger partial charge in [-0.05, 0) is 13.1 Å². The summed E-state index contributed by atoms with van der Waals surface area (Å²) in [6.45, 7) is 9.22. The fourth-order valence-electron chi connectivity index (χ4n) is 1.07. The van der Waals surface area contributed by atoms with E-state index in [0.29, 0.717) is 17.9 Å². The Morgan fingerprint density at radius 2 is 2.19 bits per heavy atom. The Morgan fingerprint density at radius 3 is 2.56 bits per heavy atom. The molecule has 0 aliphatic heterocycles. The fourth-order valence-corrected chi connectivity index (χ4v) is 1.07. The molecule has 4 nitrogen and oxygen atoms in total. The maximum Gasteiger partial charge on any atom is 0.238 e. The molecule has 0 atom stereocenters. The van der Waals surface area contributed by atoms with Gasteiger partial charge in [0.25, 0.3) is 0 Å². The summed E-state index contributed by atoms with van der Waals surface area (Å²) in [7, 11) is 1.72. The van der Waals surface area contributed by atoms with Gasteiger partial charge in [-0.25, -0.2) is 0 Å². The van der Waals surface area contributed by atoms with Gasteiger partial charge in [-0.1, -0.05) is 13.5 Å². The Kier molecular flexibility index (Phi) is 12.8. The standard InChI is InChI=1S/C11H19N2O2.U/c1-5-9(10(6-2)15-7-3)13-11(14)8-12-4;/h5,7,12H,1,6,8H2,2-4H3,(H,13,14);/q-1;/b10-9-;. The number of hydrogen-bond acceptors (Lipinski definition) is 3. The summed E-state index contributed by atoms with van der Waals surface area (Å²) >= 11 is 0. The molecule has 5 heteroatoms. The molecule has 0 spiro atoms. The normalized spacial score (nSPS) is 10.9. The van der Waals surface area contributed by atoms with Crippen LogP contribution >= 0.6 is 0 Å². The van der Waals surface area contributed by atoms with Crippen molar-refractivity contribution in [2.24, 2.45) is 0 Å². The van der Waals surface area contributed by atoms with Crippen molar-refractivity contribution in [3.63, 3.8) is 0 Å². The van der Waals surface area contributed by atoms with Gasteiger partial charge in [0, 0.05) is 37.5 Å². The molecule has 0 radical (unpaired) electrons. The van der Waals surface area contributed by atoms with E-state index in [-0.39, 0.29) is 43.6 Å². The molecule has 0 saturated carbocycles. The number of hydrogen-bond donors (Lipinski definition) is 2. The number of carbonyl (C=O) groups excluding carboxylic acids is 1. The van der Waals surface area contributed by atoms with E-state index in [0.717, 1.165) is 0 Å². The van der Waals surface area contributed by atoms with Gasteiger partial charge in [0.15, 0.2) is 0 Å². The number of nitrogens with one attached hydrogen (secondary N) is 2. The first kappa shape index (κ1) is 18.1. The summed E-state index contributed by atoms with van der Waals surface area (Å²) in [6, 6.07) is 0. The second-order valence-corrected chi connectivity index (χ2v) is 2.83. The third-order valence-electron chi connectivity index (χ3n) is 1.70. The van der Waals surface area contributed by atoms with Gasteiger partial charge in [0.2, 0.25) is 5.91 Å². The molecule has 0 unspecified atom stereocenters. The number of amides is 1. The quantitative estimate of drug-likeness (QED) is 0.351. The number of likely N-dealkylation sites (N-methyl/N-ethyl adjacent to an activating group) is 1. The van der Waals surface area contributed by atoms with Gasteiger partial charge in [-0.2, -0.15) is 13.5 Å². The average Bonchev–Trinajstić information content (AvgIpc) is 2.23. The number of carbonyl (C=O) groups is 1. The molecule has 2 N–H and O–H groups in total. The van der Waals surface area contributed by atoms with Crippen LogP contribution in [0.25, 0.3) is 0 Å². The Hall–Kier alpha value is -0.238. The predicted molar refractivity (Wildman–Crippen MR) is 60.6 cm³/mol. The first-order chi connectivity index (χ1) is 7.19. The summed E-state index contributed by atoms with van der Waals surface area (Å²) in [5, 5.41) is 5.49. The molecule has 0 aromatic rings. The Morgan fingerprint density at radius 1 is 1.56 bits per heavy atom. The smallest absolute Gasteiger partial charge is 0.238 e. The van der Waals surface area contributed by atoms with Crippen LogP contribution in [-0.4, -0.2) is 19.5 Å². The van der Waals surface area contributed by atoms with Crippen molar-refractivity contribution in [2.45, 2.75) is 20.3 Å². The van der Waals surface area contributed by atoms with Crippen LogP contribution in [0, 0.1) is 37.7 Å². The largest absolute Gasteiger partial charge is 0.664 e. The van der Waals surface area contributed by atoms with Gasteiger partial charge < -0.3 is 15.4 Å². The summed E-state index contributed by atoms with van der Waals surface area (Å²) in [5.41, 5.74) is 0.621. The molecule has 0 heterocycles. The molecule has 0 rings (SSSR count). The van der Waals surface area contributed by atoms with Crippen LogP contribution < -0.4 is 10.6 Å². The van der Waals surface area contributed by atoms with Crippen molar-refractivity contribution in [2.75, 3.05) is 13.6 Å². The summed E-state index contributed by atoms with van der Waals surface area (Å²) in [5.74, 6) is 0.593. The predicted octanol–water partition coefficient (Wildman–Crippen LogP) is 1.33. The SMILES string of the molecule is C=C/C(NC(=O)CNC)=C(\CC)O[CH-]C.[U]. The van der Waals surface area contributed by atoms with Gasteiger partial charge in [-0.3, -0.25) is 4.79 Å². The summed E-state index contributed by atoms with van der Waals surface area (Å²) < 4.78 is 5.27. The van der Waals surface area contributed by atoms with E-state index in [4.69, 9.17) is 4.74 Å². The first-order valence-corrected chi connectivity index (χ1v) is 4.94. The van der Waals surface area contributed by atoms with E-state index in [2.05, 4.69) is 17.2 Å². The van der Waals surface area contributed by atoms with Gasteiger partial charge >= 0.3 is 0 Å². The molecule has 0 fully saturated rings. The van der Waals surface area contributed by atoms with E-state index in [1.807, 2.05) is 6.92 Å². The molecule has 1 amide bonds. The van der Waals surface area contributed by atoms with Crippen LogP contribution in [0.4, 0.5) is 0 Å². The van der Waals surface area contributed by atoms with Crippen LogP contribution in [0.3, 0.4) is 0 Å². The number of allylic oxidation sites excluding steroid dienone is 2. The van der Waals surface area contributed by atoms with E-state index in [9.17, 15) is 4.79 Å². The third-order valence-corrected chi connectivity index (χ3v) is 1.70. The number of rotatable bonds is 7. The Balaban J connectivity index is 0. The van der Waals surface area contributed by atoms with Gasteiger partial charge in [0.1, 0.15) is 0 Å². The summed E-state index contributed by atoms with van der Waals surface area (Å²) in [4.78, 5) is 11.3. The van der Waals surface area contributed by atoms with Crippen molar-refractivity contribution in [3.05, 3.63) is 30.7 Å². The van der Waals surface area contributed by atoms with E-state index in [1.54, 1.807) is 26.7 Å². The first-order valence-electron chi connectivity index (χ1n) is 4.94. The molecule has 0 aromatic heterocycles. The van der Waals surface area contributed by atoms with E-state index in [1.165, 1.54) is 0 Å². The maximum atomic E-state index is 11.3. The van der Waals surface area contributed by atoms with E-state index >= 15 is 0 Å². The monoisotopic (exact) mass is 449 g/mol. The van der Waals surface area contributed by atoms with Crippen LogP contribution in [0.2, 0.25) is 0 Å². The molecular weight excluding hydrogens is 430 g/mol. The van der Waals surface area contributed by atoms with E-state index < -0.39 is 0 Å². The molecular formula is C11H19N2O2U-. The van der Waals surface area contributed by atoms with Crippen LogP contribution in [0.15, 0.2) is 24.1 Å². The van der Waals surface area contributed by atoms with Gasteiger partial charge in [0.05, 0.1) is 18.0 Å². The van der Waals surface area contributed by atoms with Crippen molar-refractivity contribution < 1.29 is 40.6 Å². The molecule has 90 valence electrons. The van der Waals surface area contributed by atoms with Crippen molar-refractivity contribution in [3.8, 4) is 0 Å². The summed E-state index contributed by atoms with van der Waals surface area (Å²) in [6.07, 6.45) is 2.28. The zero-order valence-corrected chi connectivity index (χ0v) is 14.3. The molecule has 16 heavy (non-hydrogen) atoms. The third kappa shape index (κ3) is 7.10. The minimum Gasteiger partial charge on any atom is -0.664 e. The zero-order chi connectivity index (χ0) is 11.7. The van der Waals surface area contributed by atoms with Crippen molar-refractivity contribution in [1.29, 1.82) is 0 Å². The maximum absolute atomic E-state index is 11.3. The molecule has 0 aliphatic carbocycles. The molecule has 0 saturated heterocycles. The minimum atomic E-state index is -0.113. The molecule has 0 aliphatic rings. The zero-order valence-electron chi connectivity index (χ0n) is 10.1. The van der Waals surface area contributed by atoms with Crippen molar-refractivity contribution in [1.82, 2.24) is 10.6 Å². The topological polar surface area (TPSA) is 50.4 Å². The second-order valence-electron chi connectivity index (χ2n) is 2.83. The number of ether oxygens (including phenoxy) is 1. The van der Waals surface area contributed by atoms with Crippen LogP contribution in [0.1, 0.15) is 20.3 Å². The van der Waals surface area contributed by atoms with Crippen molar-refractivity contribution >= 4 is 5.91 Å². The van der Waals surface area contributed by atoms with Crippen LogP contribution in [0.5, 0.6) is 0 Å². The molecule has 0 aromatic carbocycles. The Bertz CT molecular complexity index is 252. The van der Waals surface area contributed by atoms with Crippen LogP contribution in [-0.2, 0) is 9.53 Å². The Labute approximate surface area is 121 Å². The molecule has 0 bridgehead atoms. The minimum absolute atomic E-state index is 0. The fraction of sp³-hybridized carbons (Fsp3) is 0.455. The average molecular weight is 449 g/mol.